The zero-order chi connectivity index (χ0) is 12.8. The fourth-order valence-corrected chi connectivity index (χ4v) is 2.50. The van der Waals surface area contributed by atoms with Crippen molar-refractivity contribution in [3.63, 3.8) is 0 Å². The van der Waals surface area contributed by atoms with E-state index in [1.165, 1.54) is 19.3 Å². The van der Waals surface area contributed by atoms with Crippen molar-refractivity contribution in [1.29, 1.82) is 5.26 Å². The van der Waals surface area contributed by atoms with Crippen LogP contribution in [0.15, 0.2) is 24.3 Å². The van der Waals surface area contributed by atoms with Gasteiger partial charge in [0.2, 0.25) is 0 Å². The van der Waals surface area contributed by atoms with Gasteiger partial charge in [0.25, 0.3) is 0 Å². The second-order valence-corrected chi connectivity index (χ2v) is 5.23. The van der Waals surface area contributed by atoms with Crippen LogP contribution in [0.25, 0.3) is 0 Å². The van der Waals surface area contributed by atoms with Crippen LogP contribution in [0.2, 0.25) is 0 Å². The van der Waals surface area contributed by atoms with Gasteiger partial charge >= 0.3 is 0 Å². The predicted molar refractivity (Wildman–Crippen MR) is 70.8 cm³/mol. The first kappa shape index (κ1) is 13.1. The minimum absolute atomic E-state index is 0.134. The van der Waals surface area contributed by atoms with Gasteiger partial charge < -0.3 is 10.5 Å². The van der Waals surface area contributed by atoms with E-state index in [9.17, 15) is 0 Å². The maximum absolute atomic E-state index is 8.82. The average Bonchev–Trinajstić information content (AvgIpc) is 2.40. The van der Waals surface area contributed by atoms with E-state index in [-0.39, 0.29) is 5.54 Å². The van der Waals surface area contributed by atoms with Crippen molar-refractivity contribution in [3.8, 4) is 6.07 Å². The van der Waals surface area contributed by atoms with E-state index in [0.717, 1.165) is 18.4 Å². The normalized spacial score (nSPS) is 18.2. The summed E-state index contributed by atoms with van der Waals surface area (Å²) in [7, 11) is 0. The van der Waals surface area contributed by atoms with Gasteiger partial charge in [-0.3, -0.25) is 0 Å². The highest BCUT2D eigenvalue weighted by Gasteiger charge is 2.27. The Balaban J connectivity index is 1.82. The molecule has 0 aromatic heterocycles. The van der Waals surface area contributed by atoms with Crippen LogP contribution in [-0.4, -0.2) is 12.1 Å². The molecule has 0 spiro atoms. The molecule has 0 saturated heterocycles. The Morgan fingerprint density at radius 1 is 1.28 bits per heavy atom. The lowest BCUT2D eigenvalue weighted by atomic mass is 9.83. The monoisotopic (exact) mass is 244 g/mol. The average molecular weight is 244 g/mol. The first-order valence-corrected chi connectivity index (χ1v) is 6.58. The predicted octanol–water partition coefficient (Wildman–Crippen LogP) is 2.74. The maximum atomic E-state index is 8.82. The fraction of sp³-hybridized carbons (Fsp3) is 0.533. The van der Waals surface area contributed by atoms with E-state index in [1.54, 1.807) is 6.07 Å². The molecule has 3 nitrogen and oxygen atoms in total. The SMILES string of the molecule is N#Cc1cccc(COCC2(N)CCCCC2)c1. The number of ether oxygens (including phenoxy) is 1. The Bertz CT molecular complexity index is 430. The Hall–Kier alpha value is -1.37. The molecule has 0 bridgehead atoms. The third-order valence-corrected chi connectivity index (χ3v) is 3.56. The van der Waals surface area contributed by atoms with Crippen LogP contribution in [0.4, 0.5) is 0 Å². The third kappa shape index (κ3) is 3.56. The Labute approximate surface area is 109 Å². The first-order chi connectivity index (χ1) is 8.72. The second-order valence-electron chi connectivity index (χ2n) is 5.23. The Morgan fingerprint density at radius 3 is 2.78 bits per heavy atom. The molecule has 1 aliphatic rings. The number of hydrogen-bond acceptors (Lipinski definition) is 3. The molecular weight excluding hydrogens is 224 g/mol. The van der Waals surface area contributed by atoms with E-state index in [2.05, 4.69) is 6.07 Å². The summed E-state index contributed by atoms with van der Waals surface area (Å²) >= 11 is 0. The molecule has 1 aromatic carbocycles. The van der Waals surface area contributed by atoms with Crippen LogP contribution in [0.3, 0.4) is 0 Å². The number of nitriles is 1. The molecule has 2 N–H and O–H groups in total. The van der Waals surface area contributed by atoms with E-state index in [1.807, 2.05) is 18.2 Å². The Morgan fingerprint density at radius 2 is 2.06 bits per heavy atom. The minimum Gasteiger partial charge on any atom is -0.375 e. The highest BCUT2D eigenvalue weighted by atomic mass is 16.5. The lowest BCUT2D eigenvalue weighted by Gasteiger charge is -2.33. The molecule has 1 fully saturated rings. The van der Waals surface area contributed by atoms with Crippen LogP contribution < -0.4 is 5.73 Å². The van der Waals surface area contributed by atoms with E-state index in [0.29, 0.717) is 18.8 Å². The molecular formula is C15H20N2O. The van der Waals surface area contributed by atoms with Gasteiger partial charge in [0.1, 0.15) is 0 Å². The minimum atomic E-state index is -0.134. The molecule has 0 unspecified atom stereocenters. The summed E-state index contributed by atoms with van der Waals surface area (Å²) in [6.07, 6.45) is 5.84. The van der Waals surface area contributed by atoms with Crippen LogP contribution in [-0.2, 0) is 11.3 Å². The van der Waals surface area contributed by atoms with Gasteiger partial charge in [0, 0.05) is 5.54 Å². The molecule has 1 saturated carbocycles. The summed E-state index contributed by atoms with van der Waals surface area (Å²) < 4.78 is 5.73. The van der Waals surface area contributed by atoms with E-state index in [4.69, 9.17) is 15.7 Å². The molecule has 1 aromatic rings. The standard InChI is InChI=1S/C15H20N2O/c16-10-13-5-4-6-14(9-13)11-18-12-15(17)7-2-1-3-8-15/h4-6,9H,1-3,7-8,11-12,17H2. The molecule has 3 heteroatoms. The molecule has 0 aliphatic heterocycles. The van der Waals surface area contributed by atoms with Crippen molar-refractivity contribution < 1.29 is 4.74 Å². The van der Waals surface area contributed by atoms with E-state index >= 15 is 0 Å². The summed E-state index contributed by atoms with van der Waals surface area (Å²) in [6.45, 7) is 1.15. The zero-order valence-corrected chi connectivity index (χ0v) is 10.7. The fourth-order valence-electron chi connectivity index (χ4n) is 2.50. The number of nitrogens with zero attached hydrogens (tertiary/aromatic N) is 1. The van der Waals surface area contributed by atoms with Crippen LogP contribution in [0.1, 0.15) is 43.2 Å². The molecule has 0 amide bonds. The summed E-state index contributed by atoms with van der Waals surface area (Å²) in [5.74, 6) is 0. The van der Waals surface area contributed by atoms with Crippen LogP contribution in [0, 0.1) is 11.3 Å². The highest BCUT2D eigenvalue weighted by Crippen LogP contribution is 2.26. The Kier molecular flexibility index (Phi) is 4.35. The first-order valence-electron chi connectivity index (χ1n) is 6.58. The van der Waals surface area contributed by atoms with Crippen molar-refractivity contribution in [1.82, 2.24) is 0 Å². The molecule has 1 aliphatic carbocycles. The molecule has 18 heavy (non-hydrogen) atoms. The molecule has 2 rings (SSSR count). The van der Waals surface area contributed by atoms with Gasteiger partial charge in [-0.15, -0.1) is 0 Å². The molecule has 96 valence electrons. The van der Waals surface area contributed by atoms with Gasteiger partial charge in [0.05, 0.1) is 24.8 Å². The number of rotatable bonds is 4. The lowest BCUT2D eigenvalue weighted by molar-refractivity contribution is 0.0574. The topological polar surface area (TPSA) is 59.0 Å². The molecule has 0 atom stereocenters. The smallest absolute Gasteiger partial charge is 0.0991 e. The van der Waals surface area contributed by atoms with Crippen LogP contribution >= 0.6 is 0 Å². The van der Waals surface area contributed by atoms with Crippen LogP contribution in [0.5, 0.6) is 0 Å². The number of nitrogens with two attached hydrogens (primary N) is 1. The summed E-state index contributed by atoms with van der Waals surface area (Å²) in [5.41, 5.74) is 7.88. The summed E-state index contributed by atoms with van der Waals surface area (Å²) in [4.78, 5) is 0. The van der Waals surface area contributed by atoms with Crippen molar-refractivity contribution in [2.45, 2.75) is 44.2 Å². The summed E-state index contributed by atoms with van der Waals surface area (Å²) in [5, 5.41) is 8.82. The van der Waals surface area contributed by atoms with Gasteiger partial charge in [-0.25, -0.2) is 0 Å². The maximum Gasteiger partial charge on any atom is 0.0991 e. The number of hydrogen-bond donors (Lipinski definition) is 1. The van der Waals surface area contributed by atoms with Crippen molar-refractivity contribution in [2.75, 3.05) is 6.61 Å². The lowest BCUT2D eigenvalue weighted by Crippen LogP contribution is -2.46. The van der Waals surface area contributed by atoms with Gasteiger partial charge in [-0.2, -0.15) is 5.26 Å². The largest absolute Gasteiger partial charge is 0.375 e. The third-order valence-electron chi connectivity index (χ3n) is 3.56. The van der Waals surface area contributed by atoms with Crippen molar-refractivity contribution >= 4 is 0 Å². The quantitative estimate of drug-likeness (QED) is 0.886. The summed E-state index contributed by atoms with van der Waals surface area (Å²) in [6, 6.07) is 9.66. The van der Waals surface area contributed by atoms with E-state index < -0.39 is 0 Å². The van der Waals surface area contributed by atoms with Gasteiger partial charge in [-0.05, 0) is 30.5 Å². The zero-order valence-electron chi connectivity index (χ0n) is 10.7. The van der Waals surface area contributed by atoms with Crippen molar-refractivity contribution in [3.05, 3.63) is 35.4 Å². The molecule has 0 radical (unpaired) electrons. The number of benzene rings is 1. The molecule has 0 heterocycles. The van der Waals surface area contributed by atoms with Gasteiger partial charge in [0.15, 0.2) is 0 Å². The van der Waals surface area contributed by atoms with Gasteiger partial charge in [-0.1, -0.05) is 31.4 Å². The highest BCUT2D eigenvalue weighted by molar-refractivity contribution is 5.32. The van der Waals surface area contributed by atoms with Crippen molar-refractivity contribution in [2.24, 2.45) is 5.73 Å². The second kappa shape index (κ2) is 5.99.